The third kappa shape index (κ3) is 3.10. The number of carbonyl (C=O) groups excluding carboxylic acids is 1. The van der Waals surface area contributed by atoms with E-state index in [-0.39, 0.29) is 23.5 Å². The van der Waals surface area contributed by atoms with Crippen LogP contribution in [0.3, 0.4) is 0 Å². The van der Waals surface area contributed by atoms with Crippen LogP contribution in [0, 0.1) is 6.92 Å². The molecule has 2 fully saturated rings. The van der Waals surface area contributed by atoms with Gasteiger partial charge in [-0.05, 0) is 32.3 Å². The molecular formula is C18H19N5O3S2. The number of aryl methyl sites for hydroxylation is 1. The Bertz CT molecular complexity index is 1180. The van der Waals surface area contributed by atoms with Crippen LogP contribution in [0.15, 0.2) is 17.6 Å². The Labute approximate surface area is 165 Å². The fraction of sp³-hybridized carbons (Fsp3) is 0.444. The van der Waals surface area contributed by atoms with Crippen LogP contribution in [0.25, 0.3) is 11.0 Å². The van der Waals surface area contributed by atoms with E-state index in [2.05, 4.69) is 15.4 Å². The Morgan fingerprint density at radius 3 is 2.79 bits per heavy atom. The maximum Gasteiger partial charge on any atom is 0.258 e. The lowest BCUT2D eigenvalue weighted by Gasteiger charge is -2.11. The molecular weight excluding hydrogens is 398 g/mol. The first-order chi connectivity index (χ1) is 13.4. The van der Waals surface area contributed by atoms with Gasteiger partial charge in [-0.1, -0.05) is 0 Å². The van der Waals surface area contributed by atoms with E-state index in [9.17, 15) is 13.2 Å². The molecule has 1 atom stereocenters. The number of nitrogens with one attached hydrogen (secondary N) is 1. The minimum Gasteiger partial charge on any atom is -0.298 e. The molecule has 0 aromatic carbocycles. The number of aromatic nitrogens is 4. The third-order valence-electron chi connectivity index (χ3n) is 5.30. The van der Waals surface area contributed by atoms with Crippen molar-refractivity contribution in [1.29, 1.82) is 0 Å². The molecule has 1 N–H and O–H groups in total. The van der Waals surface area contributed by atoms with Gasteiger partial charge in [-0.25, -0.2) is 23.1 Å². The van der Waals surface area contributed by atoms with Gasteiger partial charge >= 0.3 is 0 Å². The molecule has 4 heterocycles. The summed E-state index contributed by atoms with van der Waals surface area (Å²) in [6.07, 6.45) is 4.27. The third-order valence-corrected chi connectivity index (χ3v) is 7.74. The monoisotopic (exact) mass is 417 g/mol. The molecule has 1 saturated carbocycles. The van der Waals surface area contributed by atoms with Gasteiger partial charge < -0.3 is 0 Å². The highest BCUT2D eigenvalue weighted by atomic mass is 32.2. The van der Waals surface area contributed by atoms with Gasteiger partial charge in [0.1, 0.15) is 0 Å². The summed E-state index contributed by atoms with van der Waals surface area (Å²) in [5.41, 5.74) is 2.68. The summed E-state index contributed by atoms with van der Waals surface area (Å²) in [6, 6.07) is 1.62. The molecule has 5 rings (SSSR count). The van der Waals surface area contributed by atoms with Gasteiger partial charge in [0.25, 0.3) is 5.91 Å². The molecule has 1 saturated heterocycles. The highest BCUT2D eigenvalue weighted by molar-refractivity contribution is 7.91. The Balaban J connectivity index is 1.64. The van der Waals surface area contributed by atoms with E-state index in [4.69, 9.17) is 4.98 Å². The Morgan fingerprint density at radius 1 is 1.32 bits per heavy atom. The van der Waals surface area contributed by atoms with Crippen molar-refractivity contribution in [1.82, 2.24) is 19.7 Å². The van der Waals surface area contributed by atoms with Crippen LogP contribution >= 0.6 is 11.3 Å². The summed E-state index contributed by atoms with van der Waals surface area (Å²) in [5, 5.41) is 10.5. The van der Waals surface area contributed by atoms with Crippen molar-refractivity contribution in [3.05, 3.63) is 34.6 Å². The highest BCUT2D eigenvalue weighted by Crippen LogP contribution is 2.41. The molecule has 1 aliphatic heterocycles. The first-order valence-electron chi connectivity index (χ1n) is 9.22. The Hall–Kier alpha value is -2.33. The van der Waals surface area contributed by atoms with E-state index >= 15 is 0 Å². The van der Waals surface area contributed by atoms with Crippen LogP contribution in [0.1, 0.15) is 53.0 Å². The van der Waals surface area contributed by atoms with Crippen molar-refractivity contribution in [2.45, 2.75) is 38.1 Å². The lowest BCUT2D eigenvalue weighted by atomic mass is 10.1. The number of rotatable bonds is 4. The summed E-state index contributed by atoms with van der Waals surface area (Å²) in [7, 11) is -3.05. The molecule has 2 aliphatic rings. The molecule has 0 spiro atoms. The Morgan fingerprint density at radius 2 is 2.14 bits per heavy atom. The smallest absolute Gasteiger partial charge is 0.258 e. The molecule has 3 aromatic heterocycles. The van der Waals surface area contributed by atoms with E-state index < -0.39 is 9.84 Å². The van der Waals surface area contributed by atoms with Crippen molar-refractivity contribution in [3.63, 3.8) is 0 Å². The van der Waals surface area contributed by atoms with Crippen LogP contribution in [-0.4, -0.2) is 45.6 Å². The van der Waals surface area contributed by atoms with E-state index in [1.165, 1.54) is 11.3 Å². The topological polar surface area (TPSA) is 107 Å². The summed E-state index contributed by atoms with van der Waals surface area (Å²) in [6.45, 7) is 1.83. The average Bonchev–Trinajstić information content (AvgIpc) is 3.12. The lowest BCUT2D eigenvalue weighted by Crippen LogP contribution is -2.15. The van der Waals surface area contributed by atoms with Gasteiger partial charge in [0.05, 0.1) is 34.2 Å². The molecule has 1 aliphatic carbocycles. The second-order valence-corrected chi connectivity index (χ2v) is 10.6. The first kappa shape index (κ1) is 17.7. The summed E-state index contributed by atoms with van der Waals surface area (Å²) >= 11 is 1.36. The predicted octanol–water partition coefficient (Wildman–Crippen LogP) is 2.69. The standard InChI is InChI=1S/C18H19N5O3S2/c1-10-15-13(17(24)21-18-19-5-6-27-18)8-14(11-2-3-11)20-16(15)23(22-10)12-4-7-28(25,26)9-12/h5-6,8,11-12H,2-4,7,9H2,1H3,(H,19,21,24)/t12-/m0/s1. The summed E-state index contributed by atoms with van der Waals surface area (Å²) in [5.74, 6) is 0.342. The summed E-state index contributed by atoms with van der Waals surface area (Å²) < 4.78 is 25.7. The van der Waals surface area contributed by atoms with E-state index in [1.54, 1.807) is 16.3 Å². The maximum atomic E-state index is 13.0. The van der Waals surface area contributed by atoms with Crippen molar-refractivity contribution in [3.8, 4) is 0 Å². The number of pyridine rings is 1. The van der Waals surface area contributed by atoms with Crippen molar-refractivity contribution >= 4 is 43.2 Å². The first-order valence-corrected chi connectivity index (χ1v) is 11.9. The van der Waals surface area contributed by atoms with E-state index in [1.807, 2.05) is 13.0 Å². The van der Waals surface area contributed by atoms with Gasteiger partial charge in [-0.3, -0.25) is 10.1 Å². The molecule has 0 unspecified atom stereocenters. The van der Waals surface area contributed by atoms with Crippen LogP contribution in [0.5, 0.6) is 0 Å². The second kappa shape index (κ2) is 6.35. The molecule has 1 amide bonds. The number of sulfone groups is 1. The number of thiazole rings is 1. The largest absolute Gasteiger partial charge is 0.298 e. The van der Waals surface area contributed by atoms with E-state index in [0.29, 0.717) is 39.8 Å². The van der Waals surface area contributed by atoms with Gasteiger partial charge in [0, 0.05) is 23.2 Å². The minimum atomic E-state index is -3.05. The molecule has 8 nitrogen and oxygen atoms in total. The number of fused-ring (bicyclic) bond motifs is 1. The zero-order valence-electron chi connectivity index (χ0n) is 15.3. The zero-order chi connectivity index (χ0) is 19.5. The van der Waals surface area contributed by atoms with Gasteiger partial charge in [0.15, 0.2) is 20.6 Å². The molecule has 28 heavy (non-hydrogen) atoms. The quantitative estimate of drug-likeness (QED) is 0.699. The number of anilines is 1. The van der Waals surface area contributed by atoms with Gasteiger partial charge in [0.2, 0.25) is 0 Å². The van der Waals surface area contributed by atoms with Crippen molar-refractivity contribution < 1.29 is 13.2 Å². The average molecular weight is 418 g/mol. The lowest BCUT2D eigenvalue weighted by molar-refractivity contribution is 0.102. The van der Waals surface area contributed by atoms with Crippen molar-refractivity contribution in [2.24, 2.45) is 0 Å². The molecule has 0 bridgehead atoms. The number of hydrogen-bond acceptors (Lipinski definition) is 7. The number of hydrogen-bond donors (Lipinski definition) is 1. The number of carbonyl (C=O) groups is 1. The normalized spacial score (nSPS) is 21.2. The van der Waals surface area contributed by atoms with Gasteiger partial charge in [-0.15, -0.1) is 11.3 Å². The van der Waals surface area contributed by atoms with Gasteiger partial charge in [-0.2, -0.15) is 5.10 Å². The molecule has 0 radical (unpaired) electrons. The molecule has 146 valence electrons. The minimum absolute atomic E-state index is 0.0687. The van der Waals surface area contributed by atoms with Crippen LogP contribution in [0.4, 0.5) is 5.13 Å². The predicted molar refractivity (Wildman–Crippen MR) is 107 cm³/mol. The maximum absolute atomic E-state index is 13.0. The summed E-state index contributed by atoms with van der Waals surface area (Å²) in [4.78, 5) is 21.9. The van der Waals surface area contributed by atoms with Crippen LogP contribution < -0.4 is 5.32 Å². The SMILES string of the molecule is Cc1nn([C@H]2CCS(=O)(=O)C2)c2nc(C3CC3)cc(C(=O)Nc3nccs3)c12. The van der Waals surface area contributed by atoms with Crippen molar-refractivity contribution in [2.75, 3.05) is 16.8 Å². The van der Waals surface area contributed by atoms with Crippen LogP contribution in [-0.2, 0) is 9.84 Å². The van der Waals surface area contributed by atoms with Crippen LogP contribution in [0.2, 0.25) is 0 Å². The molecule has 10 heteroatoms. The Kier molecular flexibility index (Phi) is 4.02. The second-order valence-electron chi connectivity index (χ2n) is 7.45. The fourth-order valence-electron chi connectivity index (χ4n) is 3.77. The fourth-order valence-corrected chi connectivity index (χ4v) is 5.99. The highest BCUT2D eigenvalue weighted by Gasteiger charge is 2.34. The molecule has 3 aromatic rings. The zero-order valence-corrected chi connectivity index (χ0v) is 16.9. The van der Waals surface area contributed by atoms with E-state index in [0.717, 1.165) is 18.5 Å². The number of amides is 1. The number of nitrogens with zero attached hydrogens (tertiary/aromatic N) is 4.